The molecular weight excluding hydrogens is 310 g/mol. The van der Waals surface area contributed by atoms with Crippen molar-refractivity contribution in [1.29, 1.82) is 0 Å². The molecule has 6 heteroatoms. The van der Waals surface area contributed by atoms with Gasteiger partial charge in [-0.15, -0.1) is 0 Å². The Hall–Kier alpha value is -2.08. The molecule has 1 N–H and O–H groups in total. The van der Waals surface area contributed by atoms with Crippen molar-refractivity contribution >= 4 is 17.6 Å². The van der Waals surface area contributed by atoms with E-state index in [1.54, 1.807) is 32.0 Å². The number of benzene rings is 1. The van der Waals surface area contributed by atoms with Crippen molar-refractivity contribution in [3.05, 3.63) is 23.8 Å². The molecule has 0 aliphatic rings. The highest BCUT2D eigenvalue weighted by Crippen LogP contribution is 2.25. The lowest BCUT2D eigenvalue weighted by Gasteiger charge is -2.26. The first-order valence-corrected chi connectivity index (χ1v) is 8.31. The number of ether oxygens (including phenoxy) is 3. The number of carbonyl (C=O) groups excluding carboxylic acids is 2. The van der Waals surface area contributed by atoms with Gasteiger partial charge in [-0.1, -0.05) is 6.92 Å². The van der Waals surface area contributed by atoms with Gasteiger partial charge in [-0.25, -0.2) is 4.79 Å². The summed E-state index contributed by atoms with van der Waals surface area (Å²) in [5.74, 6) is -0.317. The number of amides is 1. The second kappa shape index (κ2) is 9.27. The number of hydrogen-bond donors (Lipinski definition) is 1. The number of esters is 1. The molecule has 0 saturated carbocycles. The lowest BCUT2D eigenvalue weighted by molar-refractivity contribution is -0.139. The quantitative estimate of drug-likeness (QED) is 0.699. The van der Waals surface area contributed by atoms with Crippen LogP contribution < -0.4 is 10.1 Å². The second-order valence-electron chi connectivity index (χ2n) is 5.34. The van der Waals surface area contributed by atoms with Gasteiger partial charge in [0, 0.05) is 12.3 Å². The molecule has 0 aliphatic carbocycles. The molecule has 0 unspecified atom stereocenters. The van der Waals surface area contributed by atoms with Gasteiger partial charge in [0.1, 0.15) is 16.9 Å². The Morgan fingerprint density at radius 1 is 1.08 bits per heavy atom. The summed E-state index contributed by atoms with van der Waals surface area (Å²) in [7, 11) is 0. The van der Waals surface area contributed by atoms with E-state index in [1.807, 2.05) is 20.8 Å². The third kappa shape index (κ3) is 4.96. The molecule has 0 saturated heterocycles. The summed E-state index contributed by atoms with van der Waals surface area (Å²) in [4.78, 5) is 24.6. The molecule has 1 aromatic rings. The zero-order valence-electron chi connectivity index (χ0n) is 15.1. The van der Waals surface area contributed by atoms with Crippen molar-refractivity contribution in [2.75, 3.05) is 25.1 Å². The van der Waals surface area contributed by atoms with Crippen molar-refractivity contribution < 1.29 is 23.8 Å². The van der Waals surface area contributed by atoms with Crippen LogP contribution in [0.3, 0.4) is 0 Å². The Labute approximate surface area is 143 Å². The molecule has 0 aliphatic heterocycles. The molecule has 0 radical (unpaired) electrons. The van der Waals surface area contributed by atoms with Crippen LogP contribution in [0.4, 0.5) is 5.69 Å². The molecule has 0 heterocycles. The molecule has 1 atom stereocenters. The molecule has 6 nitrogen and oxygen atoms in total. The lowest BCUT2D eigenvalue weighted by Crippen LogP contribution is -2.42. The van der Waals surface area contributed by atoms with Crippen LogP contribution in [0.1, 0.15) is 51.4 Å². The summed E-state index contributed by atoms with van der Waals surface area (Å²) in [5.41, 5.74) is -0.144. The Morgan fingerprint density at radius 3 is 2.33 bits per heavy atom. The highest BCUT2D eigenvalue weighted by Gasteiger charge is 2.32. The Kier molecular flexibility index (Phi) is 7.71. The van der Waals surface area contributed by atoms with Crippen LogP contribution in [0.15, 0.2) is 18.2 Å². The minimum absolute atomic E-state index is 0.259. The molecule has 1 aromatic carbocycles. The van der Waals surface area contributed by atoms with E-state index in [0.29, 0.717) is 31.1 Å². The van der Waals surface area contributed by atoms with Gasteiger partial charge >= 0.3 is 5.97 Å². The van der Waals surface area contributed by atoms with Gasteiger partial charge < -0.3 is 19.5 Å². The van der Waals surface area contributed by atoms with E-state index in [-0.39, 0.29) is 18.1 Å². The van der Waals surface area contributed by atoms with E-state index in [1.165, 1.54) is 0 Å². The second-order valence-corrected chi connectivity index (χ2v) is 5.34. The first-order chi connectivity index (χ1) is 11.4. The maximum atomic E-state index is 12.5. The first kappa shape index (κ1) is 20.0. The summed E-state index contributed by atoms with van der Waals surface area (Å²) in [5, 5.41) is 2.80. The van der Waals surface area contributed by atoms with Gasteiger partial charge in [0.2, 0.25) is 0 Å². The zero-order valence-corrected chi connectivity index (χ0v) is 15.1. The predicted octanol–water partition coefficient (Wildman–Crippen LogP) is 3.41. The van der Waals surface area contributed by atoms with Gasteiger partial charge in [0.05, 0.1) is 13.2 Å². The Balaban J connectivity index is 3.06. The summed E-state index contributed by atoms with van der Waals surface area (Å²) in [6.45, 7) is 10.2. The molecule has 0 bridgehead atoms. The standard InChI is InChI=1S/C18H27NO5/c1-6-18(5,24-9-4)17(21)19-13-10-11-15(22-7-2)14(12-13)16(20)23-8-3/h10-12H,6-9H2,1-5H3,(H,19,21)/t18-/m0/s1. The van der Waals surface area contributed by atoms with Gasteiger partial charge in [-0.05, 0) is 52.3 Å². The molecule has 24 heavy (non-hydrogen) atoms. The average molecular weight is 337 g/mol. The number of carbonyl (C=O) groups is 2. The lowest BCUT2D eigenvalue weighted by atomic mass is 10.0. The first-order valence-electron chi connectivity index (χ1n) is 8.31. The van der Waals surface area contributed by atoms with E-state index in [9.17, 15) is 9.59 Å². The molecule has 0 aromatic heterocycles. The summed E-state index contributed by atoms with van der Waals surface area (Å²) < 4.78 is 16.1. The Bertz CT molecular complexity index is 573. The van der Waals surface area contributed by atoms with Crippen LogP contribution in [0.25, 0.3) is 0 Å². The van der Waals surface area contributed by atoms with Crippen LogP contribution in [0.2, 0.25) is 0 Å². The van der Waals surface area contributed by atoms with Crippen LogP contribution in [-0.4, -0.2) is 37.3 Å². The summed E-state index contributed by atoms with van der Waals surface area (Å²) in [6.07, 6.45) is 0.536. The Morgan fingerprint density at radius 2 is 1.79 bits per heavy atom. The van der Waals surface area contributed by atoms with E-state index in [0.717, 1.165) is 0 Å². The summed E-state index contributed by atoms with van der Waals surface area (Å²) in [6, 6.07) is 4.89. The fourth-order valence-electron chi connectivity index (χ4n) is 2.17. The topological polar surface area (TPSA) is 73.9 Å². The molecule has 1 rings (SSSR count). The molecular formula is C18H27NO5. The van der Waals surface area contributed by atoms with Crippen molar-refractivity contribution in [1.82, 2.24) is 0 Å². The molecule has 134 valence electrons. The highest BCUT2D eigenvalue weighted by atomic mass is 16.5. The maximum Gasteiger partial charge on any atom is 0.341 e. The van der Waals surface area contributed by atoms with Crippen molar-refractivity contribution in [2.24, 2.45) is 0 Å². The van der Waals surface area contributed by atoms with Gasteiger partial charge in [-0.3, -0.25) is 4.79 Å². The summed E-state index contributed by atoms with van der Waals surface area (Å²) >= 11 is 0. The third-order valence-electron chi connectivity index (χ3n) is 3.65. The normalized spacial score (nSPS) is 13.0. The van der Waals surface area contributed by atoms with Gasteiger partial charge in [-0.2, -0.15) is 0 Å². The van der Waals surface area contributed by atoms with E-state index < -0.39 is 11.6 Å². The zero-order chi connectivity index (χ0) is 18.2. The van der Waals surface area contributed by atoms with E-state index in [2.05, 4.69) is 5.32 Å². The van der Waals surface area contributed by atoms with Crippen LogP contribution >= 0.6 is 0 Å². The number of anilines is 1. The molecule has 1 amide bonds. The van der Waals surface area contributed by atoms with Crippen LogP contribution in [0, 0.1) is 0 Å². The number of nitrogens with one attached hydrogen (secondary N) is 1. The molecule has 0 fully saturated rings. The van der Waals surface area contributed by atoms with E-state index >= 15 is 0 Å². The third-order valence-corrected chi connectivity index (χ3v) is 3.65. The van der Waals surface area contributed by atoms with Crippen LogP contribution in [0.5, 0.6) is 5.75 Å². The smallest absolute Gasteiger partial charge is 0.341 e. The van der Waals surface area contributed by atoms with Crippen molar-refractivity contribution in [3.63, 3.8) is 0 Å². The number of rotatable bonds is 9. The molecule has 0 spiro atoms. The number of hydrogen-bond acceptors (Lipinski definition) is 5. The largest absolute Gasteiger partial charge is 0.493 e. The minimum Gasteiger partial charge on any atom is -0.493 e. The van der Waals surface area contributed by atoms with Gasteiger partial charge in [0.15, 0.2) is 0 Å². The van der Waals surface area contributed by atoms with E-state index in [4.69, 9.17) is 14.2 Å². The van der Waals surface area contributed by atoms with Crippen LogP contribution in [-0.2, 0) is 14.3 Å². The highest BCUT2D eigenvalue weighted by molar-refractivity contribution is 5.99. The average Bonchev–Trinajstić information content (AvgIpc) is 2.56. The fourth-order valence-corrected chi connectivity index (χ4v) is 2.17. The predicted molar refractivity (Wildman–Crippen MR) is 92.5 cm³/mol. The SMILES string of the molecule is CCOC(=O)c1cc(NC(=O)[C@](C)(CC)OCC)ccc1OCC. The van der Waals surface area contributed by atoms with Crippen molar-refractivity contribution in [2.45, 2.75) is 46.6 Å². The monoisotopic (exact) mass is 337 g/mol. The minimum atomic E-state index is -0.919. The maximum absolute atomic E-state index is 12.5. The van der Waals surface area contributed by atoms with Crippen molar-refractivity contribution in [3.8, 4) is 5.75 Å². The fraction of sp³-hybridized carbons (Fsp3) is 0.556. The van der Waals surface area contributed by atoms with Gasteiger partial charge in [0.25, 0.3) is 5.91 Å².